The Labute approximate surface area is 155 Å². The van der Waals surface area contributed by atoms with Crippen molar-refractivity contribution in [2.24, 2.45) is 5.10 Å². The van der Waals surface area contributed by atoms with E-state index in [4.69, 9.17) is 4.74 Å². The molecule has 0 radical (unpaired) electrons. The summed E-state index contributed by atoms with van der Waals surface area (Å²) in [5.74, 6) is 0.663. The second-order valence-electron chi connectivity index (χ2n) is 5.36. The Morgan fingerprint density at radius 2 is 2.08 bits per heavy atom. The van der Waals surface area contributed by atoms with Gasteiger partial charge in [0.2, 0.25) is 0 Å². The summed E-state index contributed by atoms with van der Waals surface area (Å²) in [6.07, 6.45) is 1.36. The molecule has 0 aliphatic rings. The highest BCUT2D eigenvalue weighted by atomic mass is 32.2. The minimum atomic E-state index is -0.531. The Bertz CT molecular complexity index is 796. The number of thioether (sulfide) groups is 1. The number of nitro groups is 1. The van der Waals surface area contributed by atoms with Gasteiger partial charge in [-0.3, -0.25) is 14.9 Å². The Balaban J connectivity index is 1.89. The third-order valence-corrected chi connectivity index (χ3v) is 4.71. The minimum absolute atomic E-state index is 0.158. The number of hydrazone groups is 1. The van der Waals surface area contributed by atoms with Crippen LogP contribution in [0.2, 0.25) is 0 Å². The first-order valence-electron chi connectivity index (χ1n) is 7.82. The molecular formula is C18H19N3O4S. The molecule has 0 heterocycles. The van der Waals surface area contributed by atoms with Crippen molar-refractivity contribution in [3.8, 4) is 5.75 Å². The zero-order valence-corrected chi connectivity index (χ0v) is 15.2. The molecular weight excluding hydrogens is 354 g/mol. The van der Waals surface area contributed by atoms with Crippen LogP contribution in [0.3, 0.4) is 0 Å². The monoisotopic (exact) mass is 373 g/mol. The second-order valence-corrected chi connectivity index (χ2v) is 6.69. The van der Waals surface area contributed by atoms with Crippen molar-refractivity contribution in [3.63, 3.8) is 0 Å². The molecule has 0 saturated heterocycles. The fourth-order valence-corrected chi connectivity index (χ4v) is 2.90. The molecule has 0 aliphatic heterocycles. The van der Waals surface area contributed by atoms with Gasteiger partial charge in [0, 0.05) is 17.4 Å². The normalized spacial score (nSPS) is 11.9. The highest BCUT2D eigenvalue weighted by Crippen LogP contribution is 2.26. The maximum atomic E-state index is 12.1. The van der Waals surface area contributed by atoms with Crippen molar-refractivity contribution in [1.82, 2.24) is 5.43 Å². The molecule has 1 N–H and O–H groups in total. The predicted octanol–water partition coefficient (Wildman–Crippen LogP) is 3.38. The fraction of sp³-hybridized carbons (Fsp3) is 0.222. The topological polar surface area (TPSA) is 93.8 Å². The average molecular weight is 373 g/mol. The van der Waals surface area contributed by atoms with Gasteiger partial charge in [0.05, 0.1) is 23.5 Å². The standard InChI is InChI=1S/C18H19N3O4S/c1-13(26-12-14-6-4-3-5-7-14)18(22)20-19-11-15-8-9-17(25-2)16(10-15)21(23)24/h3-11,13H,12H2,1-2H3,(H,20,22)/b19-11-/t13-/m0/s1. The highest BCUT2D eigenvalue weighted by Gasteiger charge is 2.15. The van der Waals surface area contributed by atoms with E-state index in [0.717, 1.165) is 11.3 Å². The van der Waals surface area contributed by atoms with Gasteiger partial charge >= 0.3 is 5.69 Å². The number of nitrogens with zero attached hydrogens (tertiary/aromatic N) is 2. The molecule has 2 aromatic rings. The number of ether oxygens (including phenoxy) is 1. The molecule has 2 rings (SSSR count). The van der Waals surface area contributed by atoms with Crippen LogP contribution in [-0.2, 0) is 10.5 Å². The number of nitro benzene ring substituents is 1. The number of nitrogens with one attached hydrogen (secondary N) is 1. The maximum Gasteiger partial charge on any atom is 0.311 e. The maximum absolute atomic E-state index is 12.1. The van der Waals surface area contributed by atoms with Crippen molar-refractivity contribution in [2.75, 3.05) is 7.11 Å². The minimum Gasteiger partial charge on any atom is -0.490 e. The van der Waals surface area contributed by atoms with Gasteiger partial charge in [0.1, 0.15) is 0 Å². The summed E-state index contributed by atoms with van der Waals surface area (Å²) in [6.45, 7) is 1.80. The van der Waals surface area contributed by atoms with E-state index in [1.54, 1.807) is 13.0 Å². The molecule has 0 spiro atoms. The lowest BCUT2D eigenvalue weighted by atomic mass is 10.2. The number of rotatable bonds is 8. The van der Waals surface area contributed by atoms with Gasteiger partial charge in [-0.05, 0) is 24.6 Å². The van der Waals surface area contributed by atoms with Gasteiger partial charge in [0.15, 0.2) is 5.75 Å². The zero-order chi connectivity index (χ0) is 18.9. The molecule has 1 atom stereocenters. The molecule has 0 saturated carbocycles. The number of carbonyl (C=O) groups excluding carboxylic acids is 1. The van der Waals surface area contributed by atoms with E-state index in [9.17, 15) is 14.9 Å². The second kappa shape index (κ2) is 9.57. The van der Waals surface area contributed by atoms with Gasteiger partial charge in [0.25, 0.3) is 5.91 Å². The summed E-state index contributed by atoms with van der Waals surface area (Å²) in [5, 5.41) is 14.6. The van der Waals surface area contributed by atoms with Crippen LogP contribution in [0.15, 0.2) is 53.6 Å². The van der Waals surface area contributed by atoms with Gasteiger partial charge in [-0.15, -0.1) is 11.8 Å². The first-order valence-corrected chi connectivity index (χ1v) is 8.87. The van der Waals surface area contributed by atoms with Gasteiger partial charge in [-0.1, -0.05) is 30.3 Å². The first-order chi connectivity index (χ1) is 12.5. The number of carbonyl (C=O) groups is 1. The van der Waals surface area contributed by atoms with E-state index in [1.165, 1.54) is 37.2 Å². The van der Waals surface area contributed by atoms with Crippen molar-refractivity contribution in [3.05, 3.63) is 69.8 Å². The Morgan fingerprint density at radius 1 is 1.35 bits per heavy atom. The fourth-order valence-electron chi connectivity index (χ4n) is 2.06. The van der Waals surface area contributed by atoms with E-state index >= 15 is 0 Å². The third kappa shape index (κ3) is 5.59. The number of amides is 1. The highest BCUT2D eigenvalue weighted by molar-refractivity contribution is 7.99. The first kappa shape index (κ1) is 19.5. The number of hydrogen-bond donors (Lipinski definition) is 1. The molecule has 0 bridgehead atoms. The Morgan fingerprint density at radius 3 is 2.73 bits per heavy atom. The lowest BCUT2D eigenvalue weighted by Crippen LogP contribution is -2.27. The summed E-state index contributed by atoms with van der Waals surface area (Å²) in [6, 6.07) is 14.3. The molecule has 136 valence electrons. The van der Waals surface area contributed by atoms with Crippen LogP contribution < -0.4 is 10.2 Å². The lowest BCUT2D eigenvalue weighted by Gasteiger charge is -2.09. The Kier molecular flexibility index (Phi) is 7.16. The zero-order valence-electron chi connectivity index (χ0n) is 14.4. The van der Waals surface area contributed by atoms with Crippen LogP contribution in [-0.4, -0.2) is 29.4 Å². The molecule has 1 amide bonds. The van der Waals surface area contributed by atoms with Crippen molar-refractivity contribution < 1.29 is 14.5 Å². The SMILES string of the molecule is COc1ccc(/C=N\NC(=O)[C@H](C)SCc2ccccc2)cc1[N+](=O)[O-]. The average Bonchev–Trinajstić information content (AvgIpc) is 2.66. The van der Waals surface area contributed by atoms with Gasteiger partial charge in [-0.25, -0.2) is 5.43 Å². The number of methoxy groups -OCH3 is 1. The van der Waals surface area contributed by atoms with Crippen LogP contribution in [0.4, 0.5) is 5.69 Å². The Hall–Kier alpha value is -2.87. The van der Waals surface area contributed by atoms with Gasteiger partial charge in [-0.2, -0.15) is 5.10 Å². The molecule has 7 nitrogen and oxygen atoms in total. The van der Waals surface area contributed by atoms with Crippen LogP contribution in [0.1, 0.15) is 18.1 Å². The van der Waals surface area contributed by atoms with Gasteiger partial charge < -0.3 is 4.74 Å². The molecule has 0 aliphatic carbocycles. The lowest BCUT2D eigenvalue weighted by molar-refractivity contribution is -0.385. The van der Waals surface area contributed by atoms with Crippen molar-refractivity contribution in [2.45, 2.75) is 17.9 Å². The molecule has 26 heavy (non-hydrogen) atoms. The summed E-state index contributed by atoms with van der Waals surface area (Å²) in [4.78, 5) is 22.5. The van der Waals surface area contributed by atoms with Crippen LogP contribution >= 0.6 is 11.8 Å². The van der Waals surface area contributed by atoms with Crippen LogP contribution in [0, 0.1) is 10.1 Å². The molecule has 0 unspecified atom stereocenters. The molecule has 0 aromatic heterocycles. The van der Waals surface area contributed by atoms with E-state index < -0.39 is 4.92 Å². The van der Waals surface area contributed by atoms with Crippen LogP contribution in [0.25, 0.3) is 0 Å². The van der Waals surface area contributed by atoms with Crippen molar-refractivity contribution in [1.29, 1.82) is 0 Å². The van der Waals surface area contributed by atoms with Crippen molar-refractivity contribution >= 4 is 29.6 Å². The summed E-state index contributed by atoms with van der Waals surface area (Å²) >= 11 is 1.50. The quantitative estimate of drug-likeness (QED) is 0.435. The molecule has 8 heteroatoms. The molecule has 0 fully saturated rings. The summed E-state index contributed by atoms with van der Waals surface area (Å²) in [7, 11) is 1.37. The number of hydrogen-bond acceptors (Lipinski definition) is 6. The van der Waals surface area contributed by atoms with E-state index in [0.29, 0.717) is 5.56 Å². The van der Waals surface area contributed by atoms with E-state index in [-0.39, 0.29) is 22.6 Å². The van der Waals surface area contributed by atoms with E-state index in [1.807, 2.05) is 30.3 Å². The van der Waals surface area contributed by atoms with E-state index in [2.05, 4.69) is 10.5 Å². The smallest absolute Gasteiger partial charge is 0.311 e. The number of benzene rings is 2. The summed E-state index contributed by atoms with van der Waals surface area (Å²) < 4.78 is 4.94. The third-order valence-electron chi connectivity index (χ3n) is 3.50. The van der Waals surface area contributed by atoms with Crippen LogP contribution in [0.5, 0.6) is 5.75 Å². The largest absolute Gasteiger partial charge is 0.490 e. The summed E-state index contributed by atoms with van der Waals surface area (Å²) in [5.41, 5.74) is 3.93. The predicted molar refractivity (Wildman–Crippen MR) is 103 cm³/mol. The molecule has 2 aromatic carbocycles.